The van der Waals surface area contributed by atoms with Crippen LogP contribution in [0.1, 0.15) is 69.6 Å². The summed E-state index contributed by atoms with van der Waals surface area (Å²) in [5.41, 5.74) is -6.14. The summed E-state index contributed by atoms with van der Waals surface area (Å²) in [7, 11) is 0. The minimum Gasteiger partial charge on any atom is -0.296 e. The van der Waals surface area contributed by atoms with Crippen molar-refractivity contribution in [1.29, 1.82) is 0 Å². The van der Waals surface area contributed by atoms with E-state index in [2.05, 4.69) is 19.2 Å². The van der Waals surface area contributed by atoms with Crippen molar-refractivity contribution < 1.29 is 45.5 Å². The summed E-state index contributed by atoms with van der Waals surface area (Å²) in [6.45, 7) is 7.76. The maximum absolute atomic E-state index is 14.5. The van der Waals surface area contributed by atoms with Crippen LogP contribution in [0.5, 0.6) is 0 Å². The molecule has 4 unspecified atom stereocenters. The number of benzene rings is 2. The van der Waals surface area contributed by atoms with Crippen LogP contribution in [0.25, 0.3) is 0 Å². The summed E-state index contributed by atoms with van der Waals surface area (Å²) in [5.74, 6) is -6.00. The lowest BCUT2D eigenvalue weighted by atomic mass is 9.70. The highest BCUT2D eigenvalue weighted by atomic mass is 19.4. The SMILES string of the molecule is CC(C)c1ccc(C(c2ccc(N3C(=O)C4CC5C(=O)NC(=O)C5CC4C3=O)cc2)(C(F)(F)F)C(F)(F)F)cc1.CCC. The number of anilines is 1. The highest BCUT2D eigenvalue weighted by Crippen LogP contribution is 2.56. The molecule has 0 bridgehead atoms. The van der Waals surface area contributed by atoms with Crippen LogP contribution in [0.2, 0.25) is 0 Å². The molecule has 2 aromatic rings. The zero-order chi connectivity index (χ0) is 32.1. The van der Waals surface area contributed by atoms with Gasteiger partial charge in [-0.15, -0.1) is 0 Å². The van der Waals surface area contributed by atoms with Crippen molar-refractivity contribution in [2.24, 2.45) is 23.7 Å². The molecular formula is C31H32F6N2O4. The van der Waals surface area contributed by atoms with Gasteiger partial charge in [0.25, 0.3) is 0 Å². The van der Waals surface area contributed by atoms with Crippen LogP contribution >= 0.6 is 0 Å². The van der Waals surface area contributed by atoms with E-state index in [4.69, 9.17) is 0 Å². The molecule has 0 radical (unpaired) electrons. The Bertz CT molecular complexity index is 1350. The molecule has 232 valence electrons. The molecule has 2 aliphatic heterocycles. The van der Waals surface area contributed by atoms with E-state index in [1.807, 2.05) is 0 Å². The number of carbonyl (C=O) groups excluding carboxylic acids is 4. The van der Waals surface area contributed by atoms with E-state index in [0.29, 0.717) is 17.7 Å². The second-order valence-corrected chi connectivity index (χ2v) is 11.5. The number of carbonyl (C=O) groups is 4. The van der Waals surface area contributed by atoms with Crippen LogP contribution in [0.15, 0.2) is 48.5 Å². The summed E-state index contributed by atoms with van der Waals surface area (Å²) in [6.07, 6.45) is -10.4. The summed E-state index contributed by atoms with van der Waals surface area (Å²) in [6, 6.07) is 7.11. The Labute approximate surface area is 244 Å². The molecule has 43 heavy (non-hydrogen) atoms. The van der Waals surface area contributed by atoms with Gasteiger partial charge < -0.3 is 0 Å². The molecule has 12 heteroatoms. The van der Waals surface area contributed by atoms with Crippen molar-refractivity contribution in [3.8, 4) is 0 Å². The Morgan fingerprint density at radius 1 is 0.698 bits per heavy atom. The molecule has 2 heterocycles. The van der Waals surface area contributed by atoms with Crippen molar-refractivity contribution in [3.63, 3.8) is 0 Å². The molecule has 6 nitrogen and oxygen atoms in total. The van der Waals surface area contributed by atoms with E-state index in [-0.39, 0.29) is 24.4 Å². The van der Waals surface area contributed by atoms with Gasteiger partial charge >= 0.3 is 12.4 Å². The van der Waals surface area contributed by atoms with Gasteiger partial charge in [-0.25, -0.2) is 0 Å². The Morgan fingerprint density at radius 2 is 1.07 bits per heavy atom. The molecule has 2 aromatic carbocycles. The first-order valence-corrected chi connectivity index (χ1v) is 14.1. The van der Waals surface area contributed by atoms with E-state index < -0.39 is 76.2 Å². The van der Waals surface area contributed by atoms with Crippen molar-refractivity contribution in [2.75, 3.05) is 4.90 Å². The number of halogens is 6. The average Bonchev–Trinajstić information content (AvgIpc) is 3.33. The van der Waals surface area contributed by atoms with Gasteiger partial charge in [-0.05, 0) is 47.6 Å². The smallest absolute Gasteiger partial charge is 0.296 e. The maximum Gasteiger partial charge on any atom is 0.411 e. The van der Waals surface area contributed by atoms with Gasteiger partial charge in [0.1, 0.15) is 0 Å². The minimum atomic E-state index is -5.79. The molecule has 1 N–H and O–H groups in total. The third-order valence-electron chi connectivity index (χ3n) is 8.40. The van der Waals surface area contributed by atoms with Gasteiger partial charge in [-0.1, -0.05) is 70.5 Å². The highest BCUT2D eigenvalue weighted by molar-refractivity contribution is 6.22. The van der Waals surface area contributed by atoms with E-state index >= 15 is 0 Å². The molecule has 4 atom stereocenters. The lowest BCUT2D eigenvalue weighted by Gasteiger charge is -2.38. The number of hydrogen-bond acceptors (Lipinski definition) is 4. The number of fused-ring (bicyclic) bond motifs is 2. The number of nitrogens with one attached hydrogen (secondary N) is 1. The number of imide groups is 2. The maximum atomic E-state index is 14.5. The van der Waals surface area contributed by atoms with Gasteiger partial charge in [-0.2, -0.15) is 26.3 Å². The molecule has 4 amide bonds. The first-order valence-electron chi connectivity index (χ1n) is 14.1. The molecule has 1 aliphatic carbocycles. The molecule has 3 aliphatic rings. The first-order chi connectivity index (χ1) is 20.0. The third kappa shape index (κ3) is 5.22. The Hall–Kier alpha value is -3.70. The number of nitrogens with zero attached hydrogens (tertiary/aromatic N) is 1. The van der Waals surface area contributed by atoms with Crippen LogP contribution in [0, 0.1) is 23.7 Å². The fourth-order valence-corrected chi connectivity index (χ4v) is 6.29. The predicted octanol–water partition coefficient (Wildman–Crippen LogP) is 6.43. The third-order valence-corrected chi connectivity index (χ3v) is 8.40. The zero-order valence-electron chi connectivity index (χ0n) is 24.0. The van der Waals surface area contributed by atoms with E-state index in [0.717, 1.165) is 29.2 Å². The molecule has 2 saturated heterocycles. The summed E-state index contributed by atoms with van der Waals surface area (Å²) in [4.78, 5) is 51.2. The predicted molar refractivity (Wildman–Crippen MR) is 145 cm³/mol. The quantitative estimate of drug-likeness (QED) is 0.320. The number of alkyl halides is 6. The van der Waals surface area contributed by atoms with E-state index in [1.165, 1.54) is 18.6 Å². The van der Waals surface area contributed by atoms with Gasteiger partial charge in [-0.3, -0.25) is 29.4 Å². The molecular weight excluding hydrogens is 578 g/mol. The van der Waals surface area contributed by atoms with Crippen LogP contribution in [0.3, 0.4) is 0 Å². The van der Waals surface area contributed by atoms with Gasteiger partial charge in [0.05, 0.1) is 29.4 Å². The molecule has 0 aromatic heterocycles. The van der Waals surface area contributed by atoms with Crippen LogP contribution in [-0.2, 0) is 24.6 Å². The van der Waals surface area contributed by atoms with Crippen molar-refractivity contribution >= 4 is 29.3 Å². The van der Waals surface area contributed by atoms with Gasteiger partial charge in [0.15, 0.2) is 0 Å². The summed E-state index contributed by atoms with van der Waals surface area (Å²) in [5, 5.41) is 2.19. The van der Waals surface area contributed by atoms with Crippen LogP contribution in [0.4, 0.5) is 32.0 Å². The fraction of sp³-hybridized carbons (Fsp3) is 0.484. The monoisotopic (exact) mass is 610 g/mol. The van der Waals surface area contributed by atoms with Crippen molar-refractivity contribution in [3.05, 3.63) is 65.2 Å². The van der Waals surface area contributed by atoms with Crippen molar-refractivity contribution in [1.82, 2.24) is 5.32 Å². The normalized spacial score (nSPS) is 24.0. The topological polar surface area (TPSA) is 83.6 Å². The zero-order valence-corrected chi connectivity index (χ0v) is 24.0. The van der Waals surface area contributed by atoms with E-state index in [1.54, 1.807) is 13.8 Å². The average molecular weight is 611 g/mol. The number of rotatable bonds is 4. The van der Waals surface area contributed by atoms with Gasteiger partial charge in [0, 0.05) is 0 Å². The Morgan fingerprint density at radius 3 is 1.42 bits per heavy atom. The van der Waals surface area contributed by atoms with Crippen LogP contribution < -0.4 is 10.2 Å². The van der Waals surface area contributed by atoms with E-state index in [9.17, 15) is 45.5 Å². The lowest BCUT2D eigenvalue weighted by molar-refractivity contribution is -0.288. The second kappa shape index (κ2) is 11.4. The van der Waals surface area contributed by atoms with Crippen molar-refractivity contribution in [2.45, 2.75) is 70.6 Å². The summed E-state index contributed by atoms with van der Waals surface area (Å²) >= 11 is 0. The number of amides is 4. The lowest BCUT2D eigenvalue weighted by Crippen LogP contribution is -2.54. The highest BCUT2D eigenvalue weighted by Gasteiger charge is 2.72. The molecule has 1 saturated carbocycles. The van der Waals surface area contributed by atoms with Gasteiger partial charge in [0.2, 0.25) is 29.0 Å². The Balaban J connectivity index is 0.00000135. The standard InChI is InChI=1S/C28H24F6N2O4.C3H8/c1-13(2)14-3-5-15(6-4-14)26(27(29,30)31,28(32,33)34)16-7-9-17(10-8-16)36-24(39)20-11-18-19(12-21(20)25(36)40)23(38)35-22(18)37;1-3-2/h3-10,13,18-21H,11-12H2,1-2H3,(H,35,37,38);3H2,1-2H3. The largest absolute Gasteiger partial charge is 0.411 e. The second-order valence-electron chi connectivity index (χ2n) is 11.5. The molecule has 3 fully saturated rings. The fourth-order valence-electron chi connectivity index (χ4n) is 6.29. The van der Waals surface area contributed by atoms with Crippen LogP contribution in [-0.4, -0.2) is 36.0 Å². The molecule has 5 rings (SSSR count). The number of hydrogen-bond donors (Lipinski definition) is 1. The summed E-state index contributed by atoms with van der Waals surface area (Å²) < 4.78 is 87.0. The Kier molecular flexibility index (Phi) is 8.56. The first kappa shape index (κ1) is 32.2. The molecule has 0 spiro atoms. The minimum absolute atomic E-state index is 0.0519.